The van der Waals surface area contributed by atoms with Gasteiger partial charge in [-0.15, -0.1) is 0 Å². The number of rotatable bonds is 5. The molecule has 0 radical (unpaired) electrons. The first-order chi connectivity index (χ1) is 17.2. The normalized spacial score (nSPS) is 12.3. The predicted molar refractivity (Wildman–Crippen MR) is 143 cm³/mol. The Morgan fingerprint density at radius 1 is 0.771 bits per heavy atom. The standard InChI is InChI=1S/C32H26N2O/c1-21-17-30-31(32(34-21)22(2)25-11-7-4-8-12-25)27-20-26(13-14-29(27)35-30)28-19-24(15-16-33-28)18-23-9-5-3-6-10-23/h3-17,19-20,22H,18H2,1-2H3. The van der Waals surface area contributed by atoms with Crippen LogP contribution in [0, 0.1) is 6.92 Å². The number of fused-ring (bicyclic) bond motifs is 3. The molecule has 0 N–H and O–H groups in total. The summed E-state index contributed by atoms with van der Waals surface area (Å²) in [5.74, 6) is 0.149. The van der Waals surface area contributed by atoms with Gasteiger partial charge in [-0.2, -0.15) is 0 Å². The fourth-order valence-electron chi connectivity index (χ4n) is 4.90. The van der Waals surface area contributed by atoms with E-state index in [0.717, 1.165) is 51.0 Å². The lowest BCUT2D eigenvalue weighted by atomic mass is 9.93. The maximum Gasteiger partial charge on any atom is 0.139 e. The summed E-state index contributed by atoms with van der Waals surface area (Å²) in [6.07, 6.45) is 2.79. The van der Waals surface area contributed by atoms with Crippen molar-refractivity contribution in [1.29, 1.82) is 0 Å². The van der Waals surface area contributed by atoms with Crippen molar-refractivity contribution in [3.8, 4) is 11.3 Å². The van der Waals surface area contributed by atoms with Gasteiger partial charge in [-0.3, -0.25) is 9.97 Å². The van der Waals surface area contributed by atoms with E-state index >= 15 is 0 Å². The third-order valence-electron chi connectivity index (χ3n) is 6.69. The van der Waals surface area contributed by atoms with Crippen molar-refractivity contribution in [3.05, 3.63) is 131 Å². The van der Waals surface area contributed by atoms with Gasteiger partial charge in [0.1, 0.15) is 11.2 Å². The van der Waals surface area contributed by atoms with Gasteiger partial charge in [0.25, 0.3) is 0 Å². The van der Waals surface area contributed by atoms with Crippen molar-refractivity contribution >= 4 is 21.9 Å². The number of aryl methyl sites for hydroxylation is 1. The summed E-state index contributed by atoms with van der Waals surface area (Å²) in [7, 11) is 0. The predicted octanol–water partition coefficient (Wildman–Crippen LogP) is 8.09. The molecule has 3 aromatic heterocycles. The highest BCUT2D eigenvalue weighted by atomic mass is 16.3. The van der Waals surface area contributed by atoms with Gasteiger partial charge in [0, 0.05) is 34.8 Å². The number of aromatic nitrogens is 2. The van der Waals surface area contributed by atoms with Gasteiger partial charge in [0.2, 0.25) is 0 Å². The highest BCUT2D eigenvalue weighted by molar-refractivity contribution is 6.07. The molecule has 0 amide bonds. The average Bonchev–Trinajstić information content (AvgIpc) is 3.26. The molecule has 170 valence electrons. The van der Waals surface area contributed by atoms with E-state index in [1.165, 1.54) is 16.7 Å². The summed E-state index contributed by atoms with van der Waals surface area (Å²) in [5.41, 5.74) is 9.59. The van der Waals surface area contributed by atoms with Crippen LogP contribution in [-0.2, 0) is 6.42 Å². The van der Waals surface area contributed by atoms with Crippen LogP contribution in [-0.4, -0.2) is 9.97 Å². The van der Waals surface area contributed by atoms with E-state index in [9.17, 15) is 0 Å². The van der Waals surface area contributed by atoms with E-state index in [1.807, 2.05) is 25.3 Å². The SMILES string of the molecule is Cc1cc2oc3ccc(-c4cc(Cc5ccccc5)ccn4)cc3c2c(C(C)c2ccccc2)n1. The first kappa shape index (κ1) is 21.3. The Bertz CT molecular complexity index is 1640. The summed E-state index contributed by atoms with van der Waals surface area (Å²) in [6, 6.07) is 33.7. The topological polar surface area (TPSA) is 38.9 Å². The number of hydrogen-bond acceptors (Lipinski definition) is 3. The largest absolute Gasteiger partial charge is 0.456 e. The molecule has 3 aromatic carbocycles. The summed E-state index contributed by atoms with van der Waals surface area (Å²) in [4.78, 5) is 9.68. The number of furan rings is 1. The van der Waals surface area contributed by atoms with Crippen LogP contribution in [0.15, 0.2) is 108 Å². The molecule has 1 atom stereocenters. The number of pyridine rings is 2. The Morgan fingerprint density at radius 2 is 1.54 bits per heavy atom. The van der Waals surface area contributed by atoms with Crippen LogP contribution in [0.25, 0.3) is 33.2 Å². The Hall–Kier alpha value is -4.24. The van der Waals surface area contributed by atoms with E-state index in [0.29, 0.717) is 0 Å². The Labute approximate surface area is 205 Å². The molecule has 0 saturated carbocycles. The first-order valence-electron chi connectivity index (χ1n) is 12.0. The van der Waals surface area contributed by atoms with Crippen LogP contribution < -0.4 is 0 Å². The van der Waals surface area contributed by atoms with Gasteiger partial charge in [-0.25, -0.2) is 0 Å². The molecule has 6 rings (SSSR count). The maximum absolute atomic E-state index is 6.29. The molecule has 0 spiro atoms. The van der Waals surface area contributed by atoms with Gasteiger partial charge in [0.15, 0.2) is 0 Å². The van der Waals surface area contributed by atoms with Crippen LogP contribution >= 0.6 is 0 Å². The minimum absolute atomic E-state index is 0.149. The first-order valence-corrected chi connectivity index (χ1v) is 12.0. The van der Waals surface area contributed by atoms with Gasteiger partial charge in [0.05, 0.1) is 16.8 Å². The molecule has 3 nitrogen and oxygen atoms in total. The molecule has 0 bridgehead atoms. The van der Waals surface area contributed by atoms with Crippen LogP contribution in [0.2, 0.25) is 0 Å². The summed E-state index contributed by atoms with van der Waals surface area (Å²) >= 11 is 0. The Balaban J connectivity index is 1.47. The van der Waals surface area contributed by atoms with Crippen molar-refractivity contribution in [2.75, 3.05) is 0 Å². The second kappa shape index (κ2) is 8.84. The molecule has 6 aromatic rings. The Morgan fingerprint density at radius 3 is 2.34 bits per heavy atom. The van der Waals surface area contributed by atoms with Gasteiger partial charge < -0.3 is 4.42 Å². The zero-order chi connectivity index (χ0) is 23.8. The number of hydrogen-bond donors (Lipinski definition) is 0. The molecule has 3 heterocycles. The zero-order valence-corrected chi connectivity index (χ0v) is 19.9. The van der Waals surface area contributed by atoms with Crippen molar-refractivity contribution in [3.63, 3.8) is 0 Å². The molecule has 0 aliphatic heterocycles. The summed E-state index contributed by atoms with van der Waals surface area (Å²) < 4.78 is 6.29. The van der Waals surface area contributed by atoms with Gasteiger partial charge >= 0.3 is 0 Å². The lowest BCUT2D eigenvalue weighted by Gasteiger charge is -2.13. The van der Waals surface area contributed by atoms with Crippen LogP contribution in [0.4, 0.5) is 0 Å². The van der Waals surface area contributed by atoms with E-state index in [4.69, 9.17) is 14.4 Å². The molecular formula is C32H26N2O. The second-order valence-corrected chi connectivity index (χ2v) is 9.18. The van der Waals surface area contributed by atoms with E-state index in [2.05, 4.69) is 91.9 Å². The van der Waals surface area contributed by atoms with Crippen molar-refractivity contribution in [2.24, 2.45) is 0 Å². The van der Waals surface area contributed by atoms with Crippen molar-refractivity contribution in [2.45, 2.75) is 26.2 Å². The minimum Gasteiger partial charge on any atom is -0.456 e. The van der Waals surface area contributed by atoms with E-state index in [-0.39, 0.29) is 5.92 Å². The fraction of sp³-hybridized carbons (Fsp3) is 0.125. The number of benzene rings is 3. The van der Waals surface area contributed by atoms with Crippen LogP contribution in [0.5, 0.6) is 0 Å². The lowest BCUT2D eigenvalue weighted by Crippen LogP contribution is -2.01. The zero-order valence-electron chi connectivity index (χ0n) is 19.9. The summed E-state index contributed by atoms with van der Waals surface area (Å²) in [6.45, 7) is 4.25. The van der Waals surface area contributed by atoms with Gasteiger partial charge in [-0.1, -0.05) is 67.6 Å². The maximum atomic E-state index is 6.29. The van der Waals surface area contributed by atoms with Crippen molar-refractivity contribution < 1.29 is 4.42 Å². The van der Waals surface area contributed by atoms with Crippen molar-refractivity contribution in [1.82, 2.24) is 9.97 Å². The fourth-order valence-corrected chi connectivity index (χ4v) is 4.90. The average molecular weight is 455 g/mol. The highest BCUT2D eigenvalue weighted by Crippen LogP contribution is 2.38. The molecule has 0 saturated heterocycles. The summed E-state index contributed by atoms with van der Waals surface area (Å²) in [5, 5.41) is 2.17. The quantitative estimate of drug-likeness (QED) is 0.264. The third kappa shape index (κ3) is 4.10. The molecule has 0 aliphatic rings. The number of nitrogens with zero attached hydrogens (tertiary/aromatic N) is 2. The molecule has 0 aliphatic carbocycles. The third-order valence-corrected chi connectivity index (χ3v) is 6.69. The van der Waals surface area contributed by atoms with Crippen LogP contribution in [0.3, 0.4) is 0 Å². The van der Waals surface area contributed by atoms with E-state index < -0.39 is 0 Å². The Kier molecular flexibility index (Phi) is 5.38. The minimum atomic E-state index is 0.149. The van der Waals surface area contributed by atoms with Crippen LogP contribution in [0.1, 0.15) is 40.9 Å². The molecule has 3 heteroatoms. The van der Waals surface area contributed by atoms with Gasteiger partial charge in [-0.05, 0) is 60.4 Å². The molecule has 35 heavy (non-hydrogen) atoms. The molecule has 0 fully saturated rings. The molecular weight excluding hydrogens is 428 g/mol. The lowest BCUT2D eigenvalue weighted by molar-refractivity contribution is 0.667. The second-order valence-electron chi connectivity index (χ2n) is 9.18. The smallest absolute Gasteiger partial charge is 0.139 e. The van der Waals surface area contributed by atoms with E-state index in [1.54, 1.807) is 0 Å². The monoisotopic (exact) mass is 454 g/mol. The molecule has 1 unspecified atom stereocenters. The highest BCUT2D eigenvalue weighted by Gasteiger charge is 2.20.